The maximum absolute atomic E-state index is 12.6. The highest BCUT2D eigenvalue weighted by molar-refractivity contribution is 6.33. The van der Waals surface area contributed by atoms with Crippen LogP contribution < -0.4 is 15.8 Å². The summed E-state index contributed by atoms with van der Waals surface area (Å²) in [6.45, 7) is 7.06. The number of hydrogen-bond donors (Lipinski definition) is 2. The normalized spacial score (nSPS) is 17.6. The number of hydrogen-bond acceptors (Lipinski definition) is 6. The van der Waals surface area contributed by atoms with Crippen LogP contribution in [-0.2, 0) is 9.47 Å². The highest BCUT2D eigenvalue weighted by Crippen LogP contribution is 2.28. The van der Waals surface area contributed by atoms with E-state index in [9.17, 15) is 9.59 Å². The Kier molecular flexibility index (Phi) is 7.37. The molecule has 2 rings (SSSR count). The zero-order valence-corrected chi connectivity index (χ0v) is 17.5. The van der Waals surface area contributed by atoms with E-state index in [-0.39, 0.29) is 35.2 Å². The van der Waals surface area contributed by atoms with Crippen LogP contribution in [0.2, 0.25) is 5.02 Å². The van der Waals surface area contributed by atoms with Crippen molar-refractivity contribution in [3.63, 3.8) is 0 Å². The number of rotatable bonds is 4. The molecule has 1 aliphatic rings. The highest BCUT2D eigenvalue weighted by Gasteiger charge is 2.27. The van der Waals surface area contributed by atoms with Gasteiger partial charge in [-0.05, 0) is 33.3 Å². The molecule has 0 aromatic heterocycles. The third kappa shape index (κ3) is 6.17. The van der Waals surface area contributed by atoms with E-state index in [1.165, 1.54) is 19.2 Å². The molecule has 0 saturated carbocycles. The molecule has 9 heteroatoms. The molecule has 1 saturated heterocycles. The van der Waals surface area contributed by atoms with Crippen molar-refractivity contribution < 1.29 is 23.8 Å². The fraction of sp³-hybridized carbons (Fsp3) is 0.579. The van der Waals surface area contributed by atoms with E-state index in [0.29, 0.717) is 37.6 Å². The average Bonchev–Trinajstić information content (AvgIpc) is 2.86. The van der Waals surface area contributed by atoms with Gasteiger partial charge in [-0.3, -0.25) is 4.79 Å². The van der Waals surface area contributed by atoms with Gasteiger partial charge >= 0.3 is 6.09 Å². The van der Waals surface area contributed by atoms with Crippen LogP contribution >= 0.6 is 11.6 Å². The van der Waals surface area contributed by atoms with Gasteiger partial charge in [0, 0.05) is 25.8 Å². The highest BCUT2D eigenvalue weighted by atomic mass is 35.5. The Morgan fingerprint density at radius 2 is 2.11 bits per heavy atom. The third-order valence-corrected chi connectivity index (χ3v) is 4.38. The van der Waals surface area contributed by atoms with Crippen LogP contribution in [0.4, 0.5) is 10.5 Å². The Bertz CT molecular complexity index is 720. The van der Waals surface area contributed by atoms with Crippen LogP contribution in [0.25, 0.3) is 0 Å². The lowest BCUT2D eigenvalue weighted by Crippen LogP contribution is -2.44. The van der Waals surface area contributed by atoms with Gasteiger partial charge in [-0.2, -0.15) is 0 Å². The van der Waals surface area contributed by atoms with Crippen LogP contribution in [0.3, 0.4) is 0 Å². The molecule has 28 heavy (non-hydrogen) atoms. The first-order chi connectivity index (χ1) is 13.1. The summed E-state index contributed by atoms with van der Waals surface area (Å²) >= 11 is 6.02. The predicted molar refractivity (Wildman–Crippen MR) is 107 cm³/mol. The topological polar surface area (TPSA) is 103 Å². The van der Waals surface area contributed by atoms with E-state index in [1.54, 1.807) is 4.90 Å². The molecule has 0 bridgehead atoms. The summed E-state index contributed by atoms with van der Waals surface area (Å²) < 4.78 is 16.4. The number of anilines is 1. The number of methoxy groups -OCH3 is 1. The summed E-state index contributed by atoms with van der Waals surface area (Å²) in [6.07, 6.45) is -0.0408. The first-order valence-corrected chi connectivity index (χ1v) is 9.49. The van der Waals surface area contributed by atoms with Gasteiger partial charge in [0.25, 0.3) is 5.91 Å². The molecule has 1 fully saturated rings. The number of carbonyl (C=O) groups is 2. The molecule has 156 valence electrons. The van der Waals surface area contributed by atoms with Gasteiger partial charge in [0.15, 0.2) is 0 Å². The van der Waals surface area contributed by atoms with Crippen molar-refractivity contribution in [1.29, 1.82) is 0 Å². The lowest BCUT2D eigenvalue weighted by molar-refractivity contribution is 0.0147. The molecule has 2 amide bonds. The second-order valence-corrected chi connectivity index (χ2v) is 7.96. The standard InChI is InChI=1S/C19H28ClN3O5/c1-19(2,3)28-18(25)23-6-5-7-27-12(11-23)10-22-17(24)13-8-14(20)15(21)9-16(13)26-4/h8-9,12H,5-7,10-11,21H2,1-4H3,(H,22,24). The minimum atomic E-state index is -0.571. The average molecular weight is 414 g/mol. The zero-order chi connectivity index (χ0) is 20.9. The first-order valence-electron chi connectivity index (χ1n) is 9.11. The largest absolute Gasteiger partial charge is 0.496 e. The number of nitrogens with two attached hydrogens (primary N) is 1. The Hall–Kier alpha value is -2.19. The molecule has 0 radical (unpaired) electrons. The molecule has 3 N–H and O–H groups in total. The summed E-state index contributed by atoms with van der Waals surface area (Å²) in [4.78, 5) is 26.5. The van der Waals surface area contributed by atoms with Crippen LogP contribution in [0.1, 0.15) is 37.6 Å². The third-order valence-electron chi connectivity index (χ3n) is 4.06. The molecule has 0 aliphatic carbocycles. The van der Waals surface area contributed by atoms with Crippen molar-refractivity contribution >= 4 is 29.3 Å². The summed E-state index contributed by atoms with van der Waals surface area (Å²) in [5.41, 5.74) is 5.78. The molecule has 1 aliphatic heterocycles. The van der Waals surface area contributed by atoms with Crippen molar-refractivity contribution in [2.24, 2.45) is 0 Å². The SMILES string of the molecule is COc1cc(N)c(Cl)cc1C(=O)NCC1CN(C(=O)OC(C)(C)C)CCCO1. The van der Waals surface area contributed by atoms with Crippen LogP contribution in [-0.4, -0.2) is 62.0 Å². The smallest absolute Gasteiger partial charge is 0.410 e. The van der Waals surface area contributed by atoms with Gasteiger partial charge in [-0.25, -0.2) is 4.79 Å². The van der Waals surface area contributed by atoms with Crippen molar-refractivity contribution in [1.82, 2.24) is 10.2 Å². The monoisotopic (exact) mass is 413 g/mol. The van der Waals surface area contributed by atoms with E-state index in [0.717, 1.165) is 0 Å². The van der Waals surface area contributed by atoms with E-state index in [4.69, 9.17) is 31.5 Å². The van der Waals surface area contributed by atoms with Crippen LogP contribution in [0.5, 0.6) is 5.75 Å². The molecular weight excluding hydrogens is 386 g/mol. The zero-order valence-electron chi connectivity index (χ0n) is 16.7. The Morgan fingerprint density at radius 1 is 1.39 bits per heavy atom. The second kappa shape index (κ2) is 9.34. The molecule has 1 aromatic rings. The molecule has 1 unspecified atom stereocenters. The molecule has 0 spiro atoms. The number of nitrogens with one attached hydrogen (secondary N) is 1. The van der Waals surface area contributed by atoms with Gasteiger partial charge < -0.3 is 30.2 Å². The molecule has 1 heterocycles. The van der Waals surface area contributed by atoms with Gasteiger partial charge in [0.2, 0.25) is 0 Å². The summed E-state index contributed by atoms with van der Waals surface area (Å²) in [6, 6.07) is 2.97. The maximum atomic E-state index is 12.6. The first kappa shape index (κ1) is 22.1. The summed E-state index contributed by atoms with van der Waals surface area (Å²) in [5.74, 6) is -0.0352. The Labute approximate surface area is 170 Å². The quantitative estimate of drug-likeness (QED) is 0.735. The Morgan fingerprint density at radius 3 is 2.75 bits per heavy atom. The molecule has 8 nitrogen and oxygen atoms in total. The van der Waals surface area contributed by atoms with Crippen LogP contribution in [0, 0.1) is 0 Å². The number of benzene rings is 1. The number of amides is 2. The summed E-state index contributed by atoms with van der Waals surface area (Å²) in [7, 11) is 1.45. The number of ether oxygens (including phenoxy) is 3. The minimum Gasteiger partial charge on any atom is -0.496 e. The predicted octanol–water partition coefficient (Wildman–Crippen LogP) is 2.69. The van der Waals surface area contributed by atoms with Crippen molar-refractivity contribution in [2.75, 3.05) is 39.1 Å². The number of nitrogens with zero attached hydrogens (tertiary/aromatic N) is 1. The van der Waals surface area contributed by atoms with Gasteiger partial charge in [-0.15, -0.1) is 0 Å². The summed E-state index contributed by atoms with van der Waals surface area (Å²) in [5, 5.41) is 3.07. The van der Waals surface area contributed by atoms with Crippen molar-refractivity contribution in [3.05, 3.63) is 22.7 Å². The Balaban J connectivity index is 2.00. The minimum absolute atomic E-state index is 0.225. The maximum Gasteiger partial charge on any atom is 0.410 e. The van der Waals surface area contributed by atoms with Crippen molar-refractivity contribution in [3.8, 4) is 5.75 Å². The molecular formula is C19H28ClN3O5. The van der Waals surface area contributed by atoms with Crippen molar-refractivity contribution in [2.45, 2.75) is 38.9 Å². The second-order valence-electron chi connectivity index (χ2n) is 7.56. The molecule has 1 aromatic carbocycles. The number of nitrogen functional groups attached to an aromatic ring is 1. The lowest BCUT2D eigenvalue weighted by atomic mass is 10.1. The van der Waals surface area contributed by atoms with E-state index >= 15 is 0 Å². The van der Waals surface area contributed by atoms with E-state index in [1.807, 2.05) is 20.8 Å². The number of halogens is 1. The van der Waals surface area contributed by atoms with E-state index in [2.05, 4.69) is 5.32 Å². The van der Waals surface area contributed by atoms with Gasteiger partial charge in [-0.1, -0.05) is 11.6 Å². The van der Waals surface area contributed by atoms with Gasteiger partial charge in [0.1, 0.15) is 11.4 Å². The molecule has 1 atom stereocenters. The van der Waals surface area contributed by atoms with Crippen LogP contribution in [0.15, 0.2) is 12.1 Å². The van der Waals surface area contributed by atoms with Gasteiger partial charge in [0.05, 0.1) is 36.0 Å². The van der Waals surface area contributed by atoms with E-state index < -0.39 is 5.60 Å². The fourth-order valence-corrected chi connectivity index (χ4v) is 2.89. The lowest BCUT2D eigenvalue weighted by Gasteiger charge is -2.28. The number of carbonyl (C=O) groups excluding carboxylic acids is 2. The fourth-order valence-electron chi connectivity index (χ4n) is 2.73.